The van der Waals surface area contributed by atoms with E-state index in [0.717, 1.165) is 4.68 Å². The van der Waals surface area contributed by atoms with Crippen LogP contribution in [0.15, 0.2) is 36.5 Å². The van der Waals surface area contributed by atoms with Gasteiger partial charge < -0.3 is 9.64 Å². The predicted octanol–water partition coefficient (Wildman–Crippen LogP) is 3.53. The van der Waals surface area contributed by atoms with E-state index in [0.29, 0.717) is 24.9 Å². The molecule has 3 rings (SSSR count). The number of rotatable bonds is 5. The number of hydrogen-bond acceptors (Lipinski definition) is 4. The third-order valence-corrected chi connectivity index (χ3v) is 4.77. The monoisotopic (exact) mass is 409 g/mol. The molecule has 1 aromatic carbocycles. The summed E-state index contributed by atoms with van der Waals surface area (Å²) in [6, 6.07) is 8.39. The lowest BCUT2D eigenvalue weighted by Crippen LogP contribution is -2.43. The summed E-state index contributed by atoms with van der Waals surface area (Å²) in [5.41, 5.74) is 0.674. The lowest BCUT2D eigenvalue weighted by atomic mass is 9.97. The fourth-order valence-electron chi connectivity index (χ4n) is 3.52. The van der Waals surface area contributed by atoms with Crippen molar-refractivity contribution in [2.75, 3.05) is 19.7 Å². The summed E-state index contributed by atoms with van der Waals surface area (Å²) >= 11 is 0. The molecule has 1 saturated heterocycles. The van der Waals surface area contributed by atoms with Crippen LogP contribution in [0.1, 0.15) is 30.1 Å². The highest BCUT2D eigenvalue weighted by atomic mass is 19.4. The van der Waals surface area contributed by atoms with Gasteiger partial charge in [-0.1, -0.05) is 30.3 Å². The highest BCUT2D eigenvalue weighted by Gasteiger charge is 2.34. The van der Waals surface area contributed by atoms with Gasteiger partial charge in [-0.05, 0) is 19.8 Å². The van der Waals surface area contributed by atoms with E-state index in [4.69, 9.17) is 4.74 Å². The van der Waals surface area contributed by atoms with Crippen LogP contribution in [0.25, 0.3) is 11.3 Å². The molecule has 2 heterocycles. The van der Waals surface area contributed by atoms with Crippen molar-refractivity contribution in [2.24, 2.45) is 5.92 Å². The van der Waals surface area contributed by atoms with Gasteiger partial charge in [0.05, 0.1) is 30.0 Å². The van der Waals surface area contributed by atoms with Gasteiger partial charge >= 0.3 is 12.1 Å². The third-order valence-electron chi connectivity index (χ3n) is 4.77. The molecule has 0 unspecified atom stereocenters. The van der Waals surface area contributed by atoms with Gasteiger partial charge in [0.15, 0.2) is 0 Å². The maximum Gasteiger partial charge on any atom is 0.408 e. The van der Waals surface area contributed by atoms with Crippen molar-refractivity contribution in [1.29, 1.82) is 0 Å². The lowest BCUT2D eigenvalue weighted by Gasteiger charge is -2.31. The van der Waals surface area contributed by atoms with Crippen LogP contribution in [0.3, 0.4) is 0 Å². The van der Waals surface area contributed by atoms with Crippen molar-refractivity contribution in [2.45, 2.75) is 32.5 Å². The lowest BCUT2D eigenvalue weighted by molar-refractivity contribution is -0.149. The van der Waals surface area contributed by atoms with Crippen LogP contribution in [0.2, 0.25) is 0 Å². The fourth-order valence-corrected chi connectivity index (χ4v) is 3.52. The van der Waals surface area contributed by atoms with Crippen molar-refractivity contribution >= 4 is 11.9 Å². The van der Waals surface area contributed by atoms with E-state index in [1.165, 1.54) is 11.1 Å². The topological polar surface area (TPSA) is 64.4 Å². The molecule has 2 aromatic rings. The number of alkyl halides is 3. The first kappa shape index (κ1) is 20.9. The molecular weight excluding hydrogens is 387 g/mol. The van der Waals surface area contributed by atoms with Crippen LogP contribution in [0.4, 0.5) is 13.2 Å². The summed E-state index contributed by atoms with van der Waals surface area (Å²) in [4.78, 5) is 26.7. The normalized spacial score (nSPS) is 17.2. The summed E-state index contributed by atoms with van der Waals surface area (Å²) in [7, 11) is 0. The van der Waals surface area contributed by atoms with Gasteiger partial charge in [0.2, 0.25) is 0 Å². The summed E-state index contributed by atoms with van der Waals surface area (Å²) in [6.45, 7) is 1.27. The molecule has 0 N–H and O–H groups in total. The van der Waals surface area contributed by atoms with Gasteiger partial charge in [-0.25, -0.2) is 0 Å². The van der Waals surface area contributed by atoms with Crippen LogP contribution in [0, 0.1) is 5.92 Å². The van der Waals surface area contributed by atoms with E-state index in [1.807, 2.05) is 0 Å². The summed E-state index contributed by atoms with van der Waals surface area (Å²) in [5, 5.41) is 3.83. The van der Waals surface area contributed by atoms with E-state index in [2.05, 4.69) is 5.10 Å². The zero-order valence-electron chi connectivity index (χ0n) is 16.0. The summed E-state index contributed by atoms with van der Waals surface area (Å²) in [5.74, 6) is -1.23. The Bertz CT molecular complexity index is 865. The highest BCUT2D eigenvalue weighted by Crippen LogP contribution is 2.29. The van der Waals surface area contributed by atoms with Crippen LogP contribution in [-0.2, 0) is 16.1 Å². The van der Waals surface area contributed by atoms with Gasteiger partial charge in [0.25, 0.3) is 5.91 Å². The second-order valence-electron chi connectivity index (χ2n) is 6.89. The molecule has 1 atom stereocenters. The molecule has 6 nitrogen and oxygen atoms in total. The molecule has 0 radical (unpaired) electrons. The summed E-state index contributed by atoms with van der Waals surface area (Å²) in [6.07, 6.45) is -2.07. The largest absolute Gasteiger partial charge is 0.466 e. The Balaban J connectivity index is 1.91. The zero-order chi connectivity index (χ0) is 21.0. The molecule has 0 spiro atoms. The number of ether oxygens (including phenoxy) is 1. The number of hydrogen-bond donors (Lipinski definition) is 0. The summed E-state index contributed by atoms with van der Waals surface area (Å²) < 4.78 is 44.9. The van der Waals surface area contributed by atoms with E-state index < -0.39 is 24.5 Å². The first-order chi connectivity index (χ1) is 13.8. The molecule has 1 amide bonds. The number of esters is 1. The Kier molecular flexibility index (Phi) is 6.24. The number of nitrogens with zero attached hydrogens (tertiary/aromatic N) is 3. The van der Waals surface area contributed by atoms with Crippen LogP contribution in [-0.4, -0.2) is 52.4 Å². The average Bonchev–Trinajstić information content (AvgIpc) is 3.10. The second-order valence-corrected chi connectivity index (χ2v) is 6.89. The van der Waals surface area contributed by atoms with Crippen molar-refractivity contribution in [3.8, 4) is 11.3 Å². The Morgan fingerprint density at radius 3 is 2.62 bits per heavy atom. The first-order valence-electron chi connectivity index (χ1n) is 9.44. The molecular formula is C20H22F3N3O3. The van der Waals surface area contributed by atoms with Crippen LogP contribution in [0.5, 0.6) is 0 Å². The number of halogens is 3. The van der Waals surface area contributed by atoms with Crippen molar-refractivity contribution in [3.05, 3.63) is 42.1 Å². The smallest absolute Gasteiger partial charge is 0.408 e. The molecule has 9 heteroatoms. The molecule has 1 aliphatic rings. The first-order valence-corrected chi connectivity index (χ1v) is 9.44. The second kappa shape index (κ2) is 8.67. The van der Waals surface area contributed by atoms with E-state index in [9.17, 15) is 22.8 Å². The Morgan fingerprint density at radius 2 is 1.97 bits per heavy atom. The quantitative estimate of drug-likeness (QED) is 0.709. The van der Waals surface area contributed by atoms with Crippen molar-refractivity contribution in [1.82, 2.24) is 14.7 Å². The Hall–Kier alpha value is -2.84. The average molecular weight is 409 g/mol. The maximum atomic E-state index is 13.1. The minimum Gasteiger partial charge on any atom is -0.466 e. The molecule has 1 aliphatic heterocycles. The minimum absolute atomic E-state index is 0.0879. The Labute approximate surface area is 166 Å². The molecule has 0 saturated carbocycles. The number of benzene rings is 1. The number of likely N-dealkylation sites (tertiary alicyclic amines) is 1. The third kappa shape index (κ3) is 4.96. The van der Waals surface area contributed by atoms with Gasteiger partial charge in [-0.3, -0.25) is 14.3 Å². The predicted molar refractivity (Wildman–Crippen MR) is 99.0 cm³/mol. The van der Waals surface area contributed by atoms with Crippen molar-refractivity contribution < 1.29 is 27.5 Å². The zero-order valence-corrected chi connectivity index (χ0v) is 16.0. The van der Waals surface area contributed by atoms with Gasteiger partial charge in [-0.15, -0.1) is 0 Å². The standard InChI is InChI=1S/C20H22F3N3O3/c1-2-29-19(28)15-9-6-10-25(12-15)18(27)16-11-24-26(13-20(21,22)23)17(16)14-7-4-3-5-8-14/h3-5,7-8,11,15H,2,6,9-10,12-13H2,1H3/t15-/m1/s1. The number of carbonyl (C=O) groups excluding carboxylic acids is 2. The molecule has 1 aromatic heterocycles. The van der Waals surface area contributed by atoms with E-state index in [1.54, 1.807) is 37.3 Å². The molecule has 29 heavy (non-hydrogen) atoms. The minimum atomic E-state index is -4.48. The van der Waals surface area contributed by atoms with Crippen molar-refractivity contribution in [3.63, 3.8) is 0 Å². The van der Waals surface area contributed by atoms with Crippen LogP contribution < -0.4 is 0 Å². The number of carbonyl (C=O) groups is 2. The van der Waals surface area contributed by atoms with Gasteiger partial charge in [-0.2, -0.15) is 18.3 Å². The van der Waals surface area contributed by atoms with Gasteiger partial charge in [0.1, 0.15) is 6.54 Å². The van der Waals surface area contributed by atoms with E-state index >= 15 is 0 Å². The van der Waals surface area contributed by atoms with E-state index in [-0.39, 0.29) is 30.4 Å². The van der Waals surface area contributed by atoms with Gasteiger partial charge in [0, 0.05) is 18.7 Å². The maximum absolute atomic E-state index is 13.1. The Morgan fingerprint density at radius 1 is 1.24 bits per heavy atom. The molecule has 0 aliphatic carbocycles. The highest BCUT2D eigenvalue weighted by molar-refractivity contribution is 6.00. The molecule has 1 fully saturated rings. The molecule has 0 bridgehead atoms. The van der Waals surface area contributed by atoms with Crippen LogP contribution >= 0.6 is 0 Å². The number of piperidine rings is 1. The SMILES string of the molecule is CCOC(=O)[C@@H]1CCCN(C(=O)c2cnn(CC(F)(F)F)c2-c2ccccc2)C1. The fraction of sp³-hybridized carbons (Fsp3) is 0.450. The number of aromatic nitrogens is 2. The molecule has 156 valence electrons. The number of amides is 1.